The third-order valence-electron chi connectivity index (χ3n) is 4.43. The molecule has 0 aromatic heterocycles. The molecule has 26 heavy (non-hydrogen) atoms. The highest BCUT2D eigenvalue weighted by atomic mass is 19.4. The van der Waals surface area contributed by atoms with Gasteiger partial charge in [-0.2, -0.15) is 13.2 Å². The summed E-state index contributed by atoms with van der Waals surface area (Å²) in [5.74, 6) is -2.71. The number of carbonyl (C=O) groups is 3. The first-order valence-corrected chi connectivity index (χ1v) is 8.07. The number of piperidine rings is 1. The number of carbonyl (C=O) groups excluding carboxylic acids is 2. The number of nitrogens with zero attached hydrogens (tertiary/aromatic N) is 1. The number of halogens is 3. The van der Waals surface area contributed by atoms with Crippen molar-refractivity contribution in [2.75, 3.05) is 13.1 Å². The van der Waals surface area contributed by atoms with E-state index in [1.807, 2.05) is 0 Å². The predicted molar refractivity (Wildman–Crippen MR) is 85.3 cm³/mol. The molecule has 0 bridgehead atoms. The molecule has 2 unspecified atom stereocenters. The van der Waals surface area contributed by atoms with Crippen molar-refractivity contribution in [2.24, 2.45) is 5.92 Å². The SMILES string of the molecule is CC1CCC(C(=O)O)CN1C(=O)CNC(=O)c1ccc(C(F)(F)F)cc1. The number of carboxylic acids is 1. The Balaban J connectivity index is 1.93. The quantitative estimate of drug-likeness (QED) is 0.848. The molecule has 0 aliphatic carbocycles. The summed E-state index contributed by atoms with van der Waals surface area (Å²) in [4.78, 5) is 36.8. The Bertz CT molecular complexity index is 688. The zero-order valence-electron chi connectivity index (χ0n) is 14.0. The Morgan fingerprint density at radius 3 is 2.35 bits per heavy atom. The van der Waals surface area contributed by atoms with Gasteiger partial charge in [-0.15, -0.1) is 0 Å². The Kier molecular flexibility index (Phi) is 5.89. The first kappa shape index (κ1) is 19.7. The van der Waals surface area contributed by atoms with Crippen LogP contribution >= 0.6 is 0 Å². The lowest BCUT2D eigenvalue weighted by Gasteiger charge is -2.36. The monoisotopic (exact) mass is 372 g/mol. The van der Waals surface area contributed by atoms with Crippen LogP contribution in [0, 0.1) is 5.92 Å². The normalized spacial score (nSPS) is 20.5. The lowest BCUT2D eigenvalue weighted by Crippen LogP contribution is -2.50. The summed E-state index contributed by atoms with van der Waals surface area (Å²) in [5.41, 5.74) is -0.868. The van der Waals surface area contributed by atoms with Gasteiger partial charge in [0, 0.05) is 18.2 Å². The summed E-state index contributed by atoms with van der Waals surface area (Å²) >= 11 is 0. The van der Waals surface area contributed by atoms with Crippen LogP contribution in [0.3, 0.4) is 0 Å². The summed E-state index contributed by atoms with van der Waals surface area (Å²) < 4.78 is 37.5. The van der Waals surface area contributed by atoms with Crippen LogP contribution in [0.15, 0.2) is 24.3 Å². The van der Waals surface area contributed by atoms with E-state index < -0.39 is 35.4 Å². The first-order chi connectivity index (χ1) is 12.1. The van der Waals surface area contributed by atoms with Crippen molar-refractivity contribution in [3.05, 3.63) is 35.4 Å². The number of carboxylic acid groups (broad SMARTS) is 1. The number of alkyl halides is 3. The molecule has 1 aliphatic rings. The average molecular weight is 372 g/mol. The molecule has 1 aromatic carbocycles. The van der Waals surface area contributed by atoms with Crippen LogP contribution in [0.2, 0.25) is 0 Å². The summed E-state index contributed by atoms with van der Waals surface area (Å²) in [6, 6.07) is 3.52. The number of aliphatic carboxylic acids is 1. The number of hydrogen-bond donors (Lipinski definition) is 2. The van der Waals surface area contributed by atoms with Crippen molar-refractivity contribution in [2.45, 2.75) is 32.0 Å². The summed E-state index contributed by atoms with van der Waals surface area (Å²) in [7, 11) is 0. The van der Waals surface area contributed by atoms with Crippen LogP contribution < -0.4 is 5.32 Å². The zero-order valence-corrected chi connectivity index (χ0v) is 14.0. The van der Waals surface area contributed by atoms with Gasteiger partial charge in [0.2, 0.25) is 5.91 Å². The molecule has 9 heteroatoms. The fourth-order valence-corrected chi connectivity index (χ4v) is 2.83. The third kappa shape index (κ3) is 4.74. The summed E-state index contributed by atoms with van der Waals surface area (Å²) in [6.45, 7) is 1.52. The first-order valence-electron chi connectivity index (χ1n) is 8.07. The van der Waals surface area contributed by atoms with Crippen LogP contribution in [0.1, 0.15) is 35.7 Å². The van der Waals surface area contributed by atoms with Crippen molar-refractivity contribution >= 4 is 17.8 Å². The third-order valence-corrected chi connectivity index (χ3v) is 4.43. The van der Waals surface area contributed by atoms with Gasteiger partial charge in [-0.3, -0.25) is 14.4 Å². The van der Waals surface area contributed by atoms with Crippen molar-refractivity contribution in [1.82, 2.24) is 10.2 Å². The molecule has 0 radical (unpaired) electrons. The van der Waals surface area contributed by atoms with Gasteiger partial charge in [-0.05, 0) is 44.0 Å². The summed E-state index contributed by atoms with van der Waals surface area (Å²) in [5, 5.41) is 11.4. The van der Waals surface area contributed by atoms with E-state index in [2.05, 4.69) is 5.32 Å². The van der Waals surface area contributed by atoms with Crippen LogP contribution in [0.25, 0.3) is 0 Å². The number of likely N-dealkylation sites (tertiary alicyclic amines) is 1. The van der Waals surface area contributed by atoms with Gasteiger partial charge < -0.3 is 15.3 Å². The largest absolute Gasteiger partial charge is 0.481 e. The van der Waals surface area contributed by atoms with Gasteiger partial charge in [0.05, 0.1) is 18.0 Å². The van der Waals surface area contributed by atoms with Crippen LogP contribution in [-0.4, -0.2) is 46.9 Å². The van der Waals surface area contributed by atoms with E-state index in [0.717, 1.165) is 24.3 Å². The van der Waals surface area contributed by atoms with Gasteiger partial charge in [0.25, 0.3) is 5.91 Å². The molecule has 1 aliphatic heterocycles. The van der Waals surface area contributed by atoms with Crippen LogP contribution in [-0.2, 0) is 15.8 Å². The van der Waals surface area contributed by atoms with E-state index >= 15 is 0 Å². The Labute approximate surface area is 148 Å². The molecule has 142 valence electrons. The Morgan fingerprint density at radius 2 is 1.81 bits per heavy atom. The second-order valence-electron chi connectivity index (χ2n) is 6.27. The van der Waals surface area contributed by atoms with E-state index in [-0.39, 0.29) is 24.7 Å². The molecule has 1 fully saturated rings. The van der Waals surface area contributed by atoms with Gasteiger partial charge in [-0.1, -0.05) is 0 Å². The minimum Gasteiger partial charge on any atom is -0.481 e. The molecule has 0 spiro atoms. The smallest absolute Gasteiger partial charge is 0.416 e. The second-order valence-corrected chi connectivity index (χ2v) is 6.27. The Hall–Kier alpha value is -2.58. The maximum absolute atomic E-state index is 12.5. The fourth-order valence-electron chi connectivity index (χ4n) is 2.83. The van der Waals surface area contributed by atoms with Gasteiger partial charge in [-0.25, -0.2) is 0 Å². The van der Waals surface area contributed by atoms with Crippen molar-refractivity contribution in [3.8, 4) is 0 Å². The Morgan fingerprint density at radius 1 is 1.19 bits per heavy atom. The van der Waals surface area contributed by atoms with E-state index in [1.54, 1.807) is 6.92 Å². The molecular weight excluding hydrogens is 353 g/mol. The van der Waals surface area contributed by atoms with Crippen molar-refractivity contribution in [1.29, 1.82) is 0 Å². The molecule has 2 N–H and O–H groups in total. The average Bonchev–Trinajstić information content (AvgIpc) is 2.58. The van der Waals surface area contributed by atoms with Crippen LogP contribution in [0.5, 0.6) is 0 Å². The lowest BCUT2D eigenvalue weighted by atomic mass is 9.93. The molecule has 1 aromatic rings. The number of hydrogen-bond acceptors (Lipinski definition) is 3. The molecule has 2 amide bonds. The van der Waals surface area contributed by atoms with E-state index in [4.69, 9.17) is 5.11 Å². The molecule has 1 saturated heterocycles. The number of nitrogens with one attached hydrogen (secondary N) is 1. The number of rotatable bonds is 4. The second kappa shape index (κ2) is 7.76. The van der Waals surface area contributed by atoms with Gasteiger partial charge >= 0.3 is 12.1 Å². The van der Waals surface area contributed by atoms with E-state index in [0.29, 0.717) is 12.8 Å². The molecule has 0 saturated carbocycles. The van der Waals surface area contributed by atoms with Crippen molar-refractivity contribution < 1.29 is 32.7 Å². The number of amides is 2. The minimum absolute atomic E-state index is 0.000838. The molecule has 6 nitrogen and oxygen atoms in total. The van der Waals surface area contributed by atoms with Gasteiger partial charge in [0.15, 0.2) is 0 Å². The zero-order chi connectivity index (χ0) is 19.5. The number of benzene rings is 1. The predicted octanol–water partition coefficient (Wildman–Crippen LogP) is 2.15. The van der Waals surface area contributed by atoms with Gasteiger partial charge in [0.1, 0.15) is 0 Å². The molecule has 1 heterocycles. The molecular formula is C17H19F3N2O4. The highest BCUT2D eigenvalue weighted by molar-refractivity contribution is 5.96. The van der Waals surface area contributed by atoms with E-state index in [9.17, 15) is 27.6 Å². The lowest BCUT2D eigenvalue weighted by molar-refractivity contribution is -0.147. The molecule has 2 atom stereocenters. The van der Waals surface area contributed by atoms with Crippen molar-refractivity contribution in [3.63, 3.8) is 0 Å². The van der Waals surface area contributed by atoms with E-state index in [1.165, 1.54) is 4.90 Å². The minimum atomic E-state index is -4.49. The van der Waals surface area contributed by atoms with Crippen LogP contribution in [0.4, 0.5) is 13.2 Å². The highest BCUT2D eigenvalue weighted by Crippen LogP contribution is 2.29. The summed E-state index contributed by atoms with van der Waals surface area (Å²) in [6.07, 6.45) is -3.45. The maximum atomic E-state index is 12.5. The topological polar surface area (TPSA) is 86.7 Å². The maximum Gasteiger partial charge on any atom is 0.416 e. The standard InChI is InChI=1S/C17H19F3N2O4/c1-10-2-3-12(16(25)26)9-22(10)14(23)8-21-15(24)11-4-6-13(7-5-11)17(18,19)20/h4-7,10,12H,2-3,8-9H2,1H3,(H,21,24)(H,25,26). The fraction of sp³-hybridized carbons (Fsp3) is 0.471. The molecule has 2 rings (SSSR count). The highest BCUT2D eigenvalue weighted by Gasteiger charge is 2.33.